The molecule has 0 aliphatic rings. The number of nitrogens with zero attached hydrogens (tertiary/aromatic N) is 5. The van der Waals surface area contributed by atoms with Gasteiger partial charge in [-0.05, 0) is 49.2 Å². The lowest BCUT2D eigenvalue weighted by atomic mass is 10.2. The van der Waals surface area contributed by atoms with E-state index in [1.807, 2.05) is 51.5 Å². The van der Waals surface area contributed by atoms with Crippen molar-refractivity contribution in [1.82, 2.24) is 23.8 Å². The number of aromatic nitrogens is 5. The number of fused-ring (bicyclic) bond motifs is 2. The van der Waals surface area contributed by atoms with Gasteiger partial charge in [-0.2, -0.15) is 0 Å². The quantitative estimate of drug-likeness (QED) is 0.481. The third kappa shape index (κ3) is 2.45. The van der Waals surface area contributed by atoms with Crippen LogP contribution in [0, 0.1) is 13.8 Å². The molecular weight excluding hydrogens is 322 g/mol. The lowest BCUT2D eigenvalue weighted by Gasteiger charge is -1.99. The molecule has 0 spiro atoms. The second kappa shape index (κ2) is 5.52. The van der Waals surface area contributed by atoms with Crippen LogP contribution in [0.25, 0.3) is 34.1 Å². The average Bonchev–Trinajstić information content (AvgIpc) is 3.25. The topological polar surface area (TPSA) is 47.5 Å². The van der Waals surface area contributed by atoms with Gasteiger partial charge in [0.25, 0.3) is 0 Å². The second-order valence-electron chi connectivity index (χ2n) is 6.60. The van der Waals surface area contributed by atoms with Crippen LogP contribution >= 0.6 is 0 Å². The van der Waals surface area contributed by atoms with E-state index in [0.717, 1.165) is 34.1 Å². The molecular formula is C21H17N5. The summed E-state index contributed by atoms with van der Waals surface area (Å²) in [5, 5.41) is 0. The first kappa shape index (κ1) is 14.8. The molecule has 26 heavy (non-hydrogen) atoms. The van der Waals surface area contributed by atoms with Crippen molar-refractivity contribution in [1.29, 1.82) is 0 Å². The Balaban J connectivity index is 1.60. The maximum absolute atomic E-state index is 4.80. The normalized spacial score (nSPS) is 11.5. The number of hydrogen-bond acceptors (Lipinski definition) is 3. The molecule has 0 saturated carbocycles. The van der Waals surface area contributed by atoms with E-state index >= 15 is 0 Å². The Morgan fingerprint density at radius 2 is 1.04 bits per heavy atom. The Morgan fingerprint density at radius 3 is 1.54 bits per heavy atom. The third-order valence-corrected chi connectivity index (χ3v) is 4.47. The Labute approximate surface area is 150 Å². The molecule has 5 heterocycles. The fourth-order valence-electron chi connectivity index (χ4n) is 3.17. The van der Waals surface area contributed by atoms with Crippen molar-refractivity contribution in [2.45, 2.75) is 13.8 Å². The summed E-state index contributed by atoms with van der Waals surface area (Å²) in [7, 11) is 0. The predicted octanol–water partition coefficient (Wildman–Crippen LogP) is 4.33. The summed E-state index contributed by atoms with van der Waals surface area (Å²) in [5.74, 6) is 0. The first-order valence-electron chi connectivity index (χ1n) is 8.54. The van der Waals surface area contributed by atoms with Crippen molar-refractivity contribution in [3.8, 4) is 22.8 Å². The molecule has 0 unspecified atom stereocenters. The molecule has 0 fully saturated rings. The van der Waals surface area contributed by atoms with Crippen LogP contribution in [0.1, 0.15) is 11.1 Å². The number of imidazole rings is 2. The van der Waals surface area contributed by atoms with Crippen LogP contribution < -0.4 is 0 Å². The van der Waals surface area contributed by atoms with Gasteiger partial charge in [-0.1, -0.05) is 18.2 Å². The van der Waals surface area contributed by atoms with E-state index in [-0.39, 0.29) is 0 Å². The Bertz CT molecular complexity index is 1170. The van der Waals surface area contributed by atoms with E-state index in [2.05, 4.69) is 48.3 Å². The fourth-order valence-corrected chi connectivity index (χ4v) is 3.17. The summed E-state index contributed by atoms with van der Waals surface area (Å²) in [6, 6.07) is 14.1. The zero-order valence-corrected chi connectivity index (χ0v) is 14.6. The molecule has 0 saturated heterocycles. The predicted molar refractivity (Wildman–Crippen MR) is 102 cm³/mol. The van der Waals surface area contributed by atoms with Gasteiger partial charge in [-0.3, -0.25) is 0 Å². The lowest BCUT2D eigenvalue weighted by Crippen LogP contribution is -1.88. The van der Waals surface area contributed by atoms with E-state index in [1.165, 1.54) is 11.1 Å². The monoisotopic (exact) mass is 339 g/mol. The van der Waals surface area contributed by atoms with E-state index in [1.54, 1.807) is 0 Å². The van der Waals surface area contributed by atoms with Crippen molar-refractivity contribution < 1.29 is 0 Å². The zero-order valence-electron chi connectivity index (χ0n) is 14.6. The highest BCUT2D eigenvalue weighted by Crippen LogP contribution is 2.23. The van der Waals surface area contributed by atoms with Crippen molar-refractivity contribution in [3.63, 3.8) is 0 Å². The molecule has 5 heteroatoms. The Morgan fingerprint density at radius 1 is 0.538 bits per heavy atom. The summed E-state index contributed by atoms with van der Waals surface area (Å²) in [4.78, 5) is 14.2. The third-order valence-electron chi connectivity index (χ3n) is 4.47. The zero-order chi connectivity index (χ0) is 17.7. The van der Waals surface area contributed by atoms with E-state index < -0.39 is 0 Å². The van der Waals surface area contributed by atoms with Crippen molar-refractivity contribution in [3.05, 3.63) is 78.4 Å². The molecule has 0 radical (unpaired) electrons. The largest absolute Gasteiger partial charge is 0.306 e. The summed E-state index contributed by atoms with van der Waals surface area (Å²) in [6.45, 7) is 4.15. The molecule has 0 aliphatic carbocycles. The van der Waals surface area contributed by atoms with Crippen molar-refractivity contribution >= 4 is 11.3 Å². The minimum Gasteiger partial charge on any atom is -0.306 e. The number of rotatable bonds is 2. The molecule has 0 N–H and O–H groups in total. The van der Waals surface area contributed by atoms with Gasteiger partial charge in [0.05, 0.1) is 11.4 Å². The van der Waals surface area contributed by atoms with Gasteiger partial charge in [0.1, 0.15) is 22.7 Å². The average molecular weight is 339 g/mol. The highest BCUT2D eigenvalue weighted by atomic mass is 15.0. The van der Waals surface area contributed by atoms with Gasteiger partial charge >= 0.3 is 0 Å². The standard InChI is InChI=1S/C21H17N5/c1-14-6-8-20-23-18(12-25(20)10-14)16-4-3-5-17(22-16)19-13-26-11-15(2)7-9-21(26)24-19/h3-13H,1-2H3. The van der Waals surface area contributed by atoms with Gasteiger partial charge in [-0.15, -0.1) is 0 Å². The molecule has 5 rings (SSSR count). The van der Waals surface area contributed by atoms with Gasteiger partial charge in [0.15, 0.2) is 0 Å². The molecule has 0 aromatic carbocycles. The molecule has 126 valence electrons. The number of aryl methyl sites for hydroxylation is 2. The second-order valence-corrected chi connectivity index (χ2v) is 6.60. The number of hydrogen-bond donors (Lipinski definition) is 0. The van der Waals surface area contributed by atoms with Crippen LogP contribution in [0.15, 0.2) is 67.3 Å². The number of pyridine rings is 3. The van der Waals surface area contributed by atoms with Crippen molar-refractivity contribution in [2.75, 3.05) is 0 Å². The van der Waals surface area contributed by atoms with Gasteiger partial charge in [0, 0.05) is 24.8 Å². The summed E-state index contributed by atoms with van der Waals surface area (Å²) < 4.78 is 4.07. The molecule has 0 amide bonds. The minimum absolute atomic E-state index is 0.845. The van der Waals surface area contributed by atoms with E-state index in [9.17, 15) is 0 Å². The smallest absolute Gasteiger partial charge is 0.137 e. The summed E-state index contributed by atoms with van der Waals surface area (Å²) in [5.41, 5.74) is 7.64. The van der Waals surface area contributed by atoms with Crippen LogP contribution in [0.5, 0.6) is 0 Å². The summed E-state index contributed by atoms with van der Waals surface area (Å²) >= 11 is 0. The maximum atomic E-state index is 4.80. The minimum atomic E-state index is 0.845. The molecule has 5 aromatic rings. The molecule has 0 atom stereocenters. The van der Waals surface area contributed by atoms with E-state index in [4.69, 9.17) is 4.98 Å². The highest BCUT2D eigenvalue weighted by molar-refractivity contribution is 5.65. The molecule has 5 aromatic heterocycles. The molecule has 5 nitrogen and oxygen atoms in total. The lowest BCUT2D eigenvalue weighted by molar-refractivity contribution is 1.16. The Kier molecular flexibility index (Phi) is 3.15. The van der Waals surface area contributed by atoms with Crippen LogP contribution in [-0.2, 0) is 0 Å². The van der Waals surface area contributed by atoms with E-state index in [0.29, 0.717) is 0 Å². The Hall–Kier alpha value is -3.47. The van der Waals surface area contributed by atoms with Gasteiger partial charge in [-0.25, -0.2) is 15.0 Å². The SMILES string of the molecule is Cc1ccc2nc(-c3cccc(-c4cn5cc(C)ccc5n4)n3)cn2c1. The van der Waals surface area contributed by atoms with Gasteiger partial charge < -0.3 is 8.80 Å². The highest BCUT2D eigenvalue weighted by Gasteiger charge is 2.10. The maximum Gasteiger partial charge on any atom is 0.137 e. The van der Waals surface area contributed by atoms with Crippen LogP contribution in [0.4, 0.5) is 0 Å². The molecule has 0 aliphatic heterocycles. The van der Waals surface area contributed by atoms with Crippen LogP contribution in [0.2, 0.25) is 0 Å². The fraction of sp³-hybridized carbons (Fsp3) is 0.0952. The first-order chi connectivity index (χ1) is 12.7. The van der Waals surface area contributed by atoms with Gasteiger partial charge in [0.2, 0.25) is 0 Å². The van der Waals surface area contributed by atoms with Crippen LogP contribution in [-0.4, -0.2) is 23.8 Å². The summed E-state index contributed by atoms with van der Waals surface area (Å²) in [6.07, 6.45) is 8.17. The first-order valence-corrected chi connectivity index (χ1v) is 8.54. The van der Waals surface area contributed by atoms with Crippen LogP contribution in [0.3, 0.4) is 0 Å². The van der Waals surface area contributed by atoms with Crippen molar-refractivity contribution in [2.24, 2.45) is 0 Å². The molecule has 0 bridgehead atoms.